The van der Waals surface area contributed by atoms with Crippen molar-refractivity contribution in [2.45, 2.75) is 26.4 Å². The summed E-state index contributed by atoms with van der Waals surface area (Å²) in [4.78, 5) is 7.32. The highest BCUT2D eigenvalue weighted by Gasteiger charge is 2.16. The van der Waals surface area contributed by atoms with Gasteiger partial charge in [-0.25, -0.2) is 4.98 Å². The fraction of sp³-hybridized carbons (Fsp3) is 0.400. The minimum atomic E-state index is 0.614. The second kappa shape index (κ2) is 10.5. The van der Waals surface area contributed by atoms with Crippen LogP contribution >= 0.6 is 0 Å². The lowest BCUT2D eigenvalue weighted by molar-refractivity contribution is 0.0326. The van der Waals surface area contributed by atoms with Gasteiger partial charge >= 0.3 is 0 Å². The quantitative estimate of drug-likeness (QED) is 0.480. The topological polar surface area (TPSA) is 48.8 Å². The fourth-order valence-corrected chi connectivity index (χ4v) is 3.96. The number of para-hydroxylation sites is 2. The molecule has 2 aromatic carbocycles. The van der Waals surface area contributed by atoms with Crippen LogP contribution in [0.5, 0.6) is 11.5 Å². The number of imidazole rings is 1. The molecule has 4 rings (SSSR count). The van der Waals surface area contributed by atoms with E-state index >= 15 is 0 Å². The predicted octanol–water partition coefficient (Wildman–Crippen LogP) is 4.38. The number of allylic oxidation sites excluding steroid dienone is 1. The van der Waals surface area contributed by atoms with Crippen LogP contribution in [0.25, 0.3) is 17.1 Å². The lowest BCUT2D eigenvalue weighted by atomic mass is 10.2. The molecule has 0 saturated carbocycles. The molecule has 164 valence electrons. The Bertz CT molecular complexity index is 1020. The van der Waals surface area contributed by atoms with Crippen LogP contribution in [-0.4, -0.2) is 54.5 Å². The summed E-state index contributed by atoms with van der Waals surface area (Å²) in [5, 5.41) is 0. The van der Waals surface area contributed by atoms with Crippen molar-refractivity contribution in [2.75, 3.05) is 40.0 Å². The summed E-state index contributed by atoms with van der Waals surface area (Å²) >= 11 is 0. The van der Waals surface area contributed by atoms with Crippen LogP contribution in [0.4, 0.5) is 0 Å². The third-order valence-corrected chi connectivity index (χ3v) is 5.53. The van der Waals surface area contributed by atoms with E-state index in [1.165, 1.54) is 5.52 Å². The first-order chi connectivity index (χ1) is 15.3. The van der Waals surface area contributed by atoms with Crippen molar-refractivity contribution in [1.82, 2.24) is 14.5 Å². The van der Waals surface area contributed by atoms with Crippen LogP contribution in [0.3, 0.4) is 0 Å². The van der Waals surface area contributed by atoms with E-state index in [1.54, 1.807) is 7.11 Å². The number of rotatable bonds is 9. The normalized spacial score (nSPS) is 15.0. The van der Waals surface area contributed by atoms with Gasteiger partial charge in [-0.05, 0) is 43.2 Å². The van der Waals surface area contributed by atoms with Gasteiger partial charge in [-0.15, -0.1) is 0 Å². The highest BCUT2D eigenvalue weighted by Crippen LogP contribution is 2.29. The van der Waals surface area contributed by atoms with Crippen molar-refractivity contribution in [3.63, 3.8) is 0 Å². The van der Waals surface area contributed by atoms with Gasteiger partial charge in [0, 0.05) is 19.6 Å². The Hall–Kier alpha value is -2.83. The number of aromatic nitrogens is 2. The summed E-state index contributed by atoms with van der Waals surface area (Å²) < 4.78 is 19.4. The predicted molar refractivity (Wildman–Crippen MR) is 124 cm³/mol. The van der Waals surface area contributed by atoms with Gasteiger partial charge in [0.2, 0.25) is 0 Å². The maximum atomic E-state index is 6.05. The van der Waals surface area contributed by atoms with Crippen LogP contribution in [0.15, 0.2) is 48.5 Å². The summed E-state index contributed by atoms with van der Waals surface area (Å²) in [6.45, 7) is 7.82. The molecule has 0 spiro atoms. The number of aryl methyl sites for hydroxylation is 1. The number of nitrogens with zero attached hydrogens (tertiary/aromatic N) is 3. The number of hydrogen-bond donors (Lipinski definition) is 0. The van der Waals surface area contributed by atoms with Gasteiger partial charge in [0.25, 0.3) is 0 Å². The minimum Gasteiger partial charge on any atom is -0.493 e. The Morgan fingerprint density at radius 1 is 1.10 bits per heavy atom. The average molecular weight is 422 g/mol. The number of benzene rings is 2. The second-order valence-corrected chi connectivity index (χ2v) is 7.67. The van der Waals surface area contributed by atoms with Crippen molar-refractivity contribution >= 4 is 17.1 Å². The Morgan fingerprint density at radius 2 is 1.94 bits per heavy atom. The van der Waals surface area contributed by atoms with Gasteiger partial charge < -0.3 is 18.8 Å². The molecule has 31 heavy (non-hydrogen) atoms. The lowest BCUT2D eigenvalue weighted by Gasteiger charge is -2.26. The first-order valence-electron chi connectivity index (χ1n) is 11.0. The molecule has 1 fully saturated rings. The maximum absolute atomic E-state index is 6.05. The smallest absolute Gasteiger partial charge is 0.161 e. The van der Waals surface area contributed by atoms with E-state index < -0.39 is 0 Å². The molecule has 0 bridgehead atoms. The zero-order valence-electron chi connectivity index (χ0n) is 18.4. The van der Waals surface area contributed by atoms with E-state index in [1.807, 2.05) is 43.3 Å². The molecule has 0 radical (unpaired) electrons. The molecule has 1 aromatic heterocycles. The molecule has 0 aliphatic carbocycles. The third kappa shape index (κ3) is 5.27. The lowest BCUT2D eigenvalue weighted by Crippen LogP contribution is -2.36. The van der Waals surface area contributed by atoms with E-state index in [2.05, 4.69) is 27.7 Å². The summed E-state index contributed by atoms with van der Waals surface area (Å²) in [5.41, 5.74) is 3.33. The van der Waals surface area contributed by atoms with E-state index in [0.717, 1.165) is 74.2 Å². The van der Waals surface area contributed by atoms with Crippen molar-refractivity contribution in [3.05, 3.63) is 59.9 Å². The van der Waals surface area contributed by atoms with Crippen molar-refractivity contribution in [1.29, 1.82) is 0 Å². The average Bonchev–Trinajstić information content (AvgIpc) is 3.15. The molecule has 1 aliphatic rings. The standard InChI is InChI=1S/C25H31N3O3/c1-3-7-20-10-11-23(24(18-20)29-2)31-15-6-12-28-22-9-5-4-8-21(22)26-25(28)19-27-13-16-30-17-14-27/h3-5,7-11,18H,6,12-17,19H2,1-2H3/b7-3+. The molecule has 6 nitrogen and oxygen atoms in total. The molecule has 0 unspecified atom stereocenters. The van der Waals surface area contributed by atoms with E-state index in [9.17, 15) is 0 Å². The summed E-state index contributed by atoms with van der Waals surface area (Å²) in [5.74, 6) is 2.65. The number of morpholine rings is 1. The largest absolute Gasteiger partial charge is 0.493 e. The summed E-state index contributed by atoms with van der Waals surface area (Å²) in [7, 11) is 1.68. The highest BCUT2D eigenvalue weighted by molar-refractivity contribution is 5.75. The third-order valence-electron chi connectivity index (χ3n) is 5.53. The Balaban J connectivity index is 1.42. The number of hydrogen-bond acceptors (Lipinski definition) is 5. The summed E-state index contributed by atoms with van der Waals surface area (Å²) in [6, 6.07) is 14.4. The minimum absolute atomic E-state index is 0.614. The molecule has 0 atom stereocenters. The van der Waals surface area contributed by atoms with Gasteiger partial charge in [-0.3, -0.25) is 4.90 Å². The maximum Gasteiger partial charge on any atom is 0.161 e. The van der Waals surface area contributed by atoms with Crippen molar-refractivity contribution in [3.8, 4) is 11.5 Å². The molecule has 6 heteroatoms. The van der Waals surface area contributed by atoms with E-state index in [4.69, 9.17) is 19.2 Å². The highest BCUT2D eigenvalue weighted by atomic mass is 16.5. The van der Waals surface area contributed by atoms with Crippen molar-refractivity contribution < 1.29 is 14.2 Å². The molecule has 0 N–H and O–H groups in total. The van der Waals surface area contributed by atoms with Crippen LogP contribution in [-0.2, 0) is 17.8 Å². The SMILES string of the molecule is C/C=C/c1ccc(OCCCn2c(CN3CCOCC3)nc3ccccc32)c(OC)c1. The molecule has 3 aromatic rings. The van der Waals surface area contributed by atoms with Crippen LogP contribution in [0.2, 0.25) is 0 Å². The van der Waals surface area contributed by atoms with Crippen LogP contribution < -0.4 is 9.47 Å². The Morgan fingerprint density at radius 3 is 2.74 bits per heavy atom. The molecule has 1 saturated heterocycles. The van der Waals surface area contributed by atoms with Gasteiger partial charge in [-0.2, -0.15) is 0 Å². The first kappa shape index (κ1) is 21.4. The Labute approximate surface area is 184 Å². The monoisotopic (exact) mass is 421 g/mol. The van der Waals surface area contributed by atoms with E-state index in [0.29, 0.717) is 6.61 Å². The van der Waals surface area contributed by atoms with Crippen LogP contribution in [0.1, 0.15) is 24.7 Å². The van der Waals surface area contributed by atoms with Gasteiger partial charge in [0.15, 0.2) is 11.5 Å². The zero-order chi connectivity index (χ0) is 21.5. The number of methoxy groups -OCH3 is 1. The zero-order valence-corrected chi connectivity index (χ0v) is 18.4. The molecular formula is C25H31N3O3. The van der Waals surface area contributed by atoms with Gasteiger partial charge in [-0.1, -0.05) is 30.4 Å². The van der Waals surface area contributed by atoms with Crippen LogP contribution in [0, 0.1) is 0 Å². The molecule has 2 heterocycles. The Kier molecular flexibility index (Phi) is 7.22. The van der Waals surface area contributed by atoms with Gasteiger partial charge in [0.05, 0.1) is 44.5 Å². The first-order valence-corrected chi connectivity index (χ1v) is 11.0. The van der Waals surface area contributed by atoms with E-state index in [-0.39, 0.29) is 0 Å². The van der Waals surface area contributed by atoms with Gasteiger partial charge in [0.1, 0.15) is 5.82 Å². The second-order valence-electron chi connectivity index (χ2n) is 7.67. The number of fused-ring (bicyclic) bond motifs is 1. The molecular weight excluding hydrogens is 390 g/mol. The molecule has 0 amide bonds. The summed E-state index contributed by atoms with van der Waals surface area (Å²) in [6.07, 6.45) is 4.95. The molecule has 1 aliphatic heterocycles. The fourth-order valence-electron chi connectivity index (χ4n) is 3.96. The number of ether oxygens (including phenoxy) is 3. The van der Waals surface area contributed by atoms with Crippen molar-refractivity contribution in [2.24, 2.45) is 0 Å².